The van der Waals surface area contributed by atoms with E-state index in [0.29, 0.717) is 4.83 Å². The van der Waals surface area contributed by atoms with Gasteiger partial charge in [0.15, 0.2) is 0 Å². The maximum Gasteiger partial charge on any atom is 0.0367 e. The molecule has 3 aromatic rings. The molecule has 0 saturated carbocycles. The number of rotatable bonds is 1. The molecule has 1 heterocycles. The summed E-state index contributed by atoms with van der Waals surface area (Å²) in [6, 6.07) is 15.3. The van der Waals surface area contributed by atoms with Gasteiger partial charge < -0.3 is 0 Å². The topological polar surface area (TPSA) is 0 Å². The number of alkyl halides is 1. The molecule has 3 rings (SSSR count). The molecule has 2 aromatic carbocycles. The first-order valence-electron chi connectivity index (χ1n) is 5.31. The first kappa shape index (κ1) is 10.3. The summed E-state index contributed by atoms with van der Waals surface area (Å²) >= 11 is 5.49. The molecule has 2 heteroatoms. The summed E-state index contributed by atoms with van der Waals surface area (Å²) in [6.45, 7) is 2.16. The van der Waals surface area contributed by atoms with Crippen molar-refractivity contribution in [3.8, 4) is 0 Å². The minimum absolute atomic E-state index is 0.413. The van der Waals surface area contributed by atoms with Crippen molar-refractivity contribution >= 4 is 47.4 Å². The van der Waals surface area contributed by atoms with Gasteiger partial charge in [-0.25, -0.2) is 0 Å². The van der Waals surface area contributed by atoms with E-state index in [1.807, 2.05) is 11.3 Å². The molecule has 1 atom stereocenters. The average molecular weight is 291 g/mol. The van der Waals surface area contributed by atoms with Crippen LogP contribution in [-0.2, 0) is 0 Å². The van der Waals surface area contributed by atoms with E-state index in [0.717, 1.165) is 0 Å². The van der Waals surface area contributed by atoms with Crippen molar-refractivity contribution in [3.63, 3.8) is 0 Å². The molecule has 0 saturated heterocycles. The summed E-state index contributed by atoms with van der Waals surface area (Å²) in [5, 5.41) is 2.75. The van der Waals surface area contributed by atoms with Gasteiger partial charge in [-0.05, 0) is 30.7 Å². The summed E-state index contributed by atoms with van der Waals surface area (Å²) in [5.41, 5.74) is 1.34. The minimum atomic E-state index is 0.413. The Kier molecular flexibility index (Phi) is 2.49. The summed E-state index contributed by atoms with van der Waals surface area (Å²) in [5.74, 6) is 0. The molecule has 0 aliphatic heterocycles. The second-order valence-corrected chi connectivity index (χ2v) is 6.43. The second kappa shape index (κ2) is 3.86. The lowest BCUT2D eigenvalue weighted by atomic mass is 10.1. The van der Waals surface area contributed by atoms with Gasteiger partial charge in [-0.3, -0.25) is 0 Å². The molecule has 1 aromatic heterocycles. The number of hydrogen-bond acceptors (Lipinski definition) is 1. The quantitative estimate of drug-likeness (QED) is 0.518. The molecule has 0 amide bonds. The van der Waals surface area contributed by atoms with E-state index < -0.39 is 0 Å². The van der Waals surface area contributed by atoms with Gasteiger partial charge in [0.25, 0.3) is 0 Å². The fourth-order valence-electron chi connectivity index (χ4n) is 1.99. The van der Waals surface area contributed by atoms with Crippen LogP contribution in [0.1, 0.15) is 17.3 Å². The SMILES string of the molecule is CC(Br)c1ccc2sc3ccccc3c2c1. The van der Waals surface area contributed by atoms with Crippen LogP contribution in [0.2, 0.25) is 0 Å². The van der Waals surface area contributed by atoms with Gasteiger partial charge in [-0.2, -0.15) is 0 Å². The Bertz CT molecular complexity index is 652. The Morgan fingerprint density at radius 3 is 2.56 bits per heavy atom. The van der Waals surface area contributed by atoms with E-state index in [1.165, 1.54) is 25.7 Å². The van der Waals surface area contributed by atoms with Crippen LogP contribution in [0.5, 0.6) is 0 Å². The lowest BCUT2D eigenvalue weighted by molar-refractivity contribution is 1.13. The fourth-order valence-corrected chi connectivity index (χ4v) is 3.36. The summed E-state index contributed by atoms with van der Waals surface area (Å²) in [6.07, 6.45) is 0. The zero-order valence-electron chi connectivity index (χ0n) is 8.91. The smallest absolute Gasteiger partial charge is 0.0367 e. The normalized spacial score (nSPS) is 13.4. The van der Waals surface area contributed by atoms with E-state index in [1.54, 1.807) is 0 Å². The van der Waals surface area contributed by atoms with Gasteiger partial charge in [-0.1, -0.05) is 40.2 Å². The van der Waals surface area contributed by atoms with Gasteiger partial charge in [-0.15, -0.1) is 11.3 Å². The largest absolute Gasteiger partial charge is 0.135 e. The number of thiophene rings is 1. The predicted octanol–water partition coefficient (Wildman–Crippen LogP) is 5.51. The molecular weight excluding hydrogens is 280 g/mol. The Hall–Kier alpha value is -0.860. The van der Waals surface area contributed by atoms with Gasteiger partial charge in [0.1, 0.15) is 0 Å². The number of benzene rings is 2. The van der Waals surface area contributed by atoms with E-state index in [9.17, 15) is 0 Å². The molecule has 0 fully saturated rings. The van der Waals surface area contributed by atoms with Crippen LogP contribution < -0.4 is 0 Å². The van der Waals surface area contributed by atoms with Crippen molar-refractivity contribution in [2.24, 2.45) is 0 Å². The average Bonchev–Trinajstić information content (AvgIpc) is 2.66. The van der Waals surface area contributed by atoms with Crippen LogP contribution in [0.25, 0.3) is 20.2 Å². The zero-order valence-corrected chi connectivity index (χ0v) is 11.3. The fraction of sp³-hybridized carbons (Fsp3) is 0.143. The van der Waals surface area contributed by atoms with Crippen molar-refractivity contribution in [1.29, 1.82) is 0 Å². The molecule has 1 unspecified atom stereocenters. The third-order valence-corrected chi connectivity index (χ3v) is 4.54. The lowest BCUT2D eigenvalue weighted by Gasteiger charge is -2.03. The molecule has 80 valence electrons. The van der Waals surface area contributed by atoms with Crippen LogP contribution >= 0.6 is 27.3 Å². The number of hydrogen-bond donors (Lipinski definition) is 0. The summed E-state index contributed by atoms with van der Waals surface area (Å²) in [4.78, 5) is 0.413. The molecule has 0 radical (unpaired) electrons. The van der Waals surface area contributed by atoms with Crippen molar-refractivity contribution in [2.75, 3.05) is 0 Å². The van der Waals surface area contributed by atoms with Crippen LogP contribution in [0.4, 0.5) is 0 Å². The maximum absolute atomic E-state index is 3.62. The molecule has 0 aliphatic rings. The van der Waals surface area contributed by atoms with Crippen LogP contribution in [0.3, 0.4) is 0 Å². The monoisotopic (exact) mass is 290 g/mol. The van der Waals surface area contributed by atoms with Crippen molar-refractivity contribution in [2.45, 2.75) is 11.8 Å². The maximum atomic E-state index is 3.62. The van der Waals surface area contributed by atoms with Crippen LogP contribution in [0.15, 0.2) is 42.5 Å². The first-order chi connectivity index (χ1) is 7.75. The molecule has 0 N–H and O–H groups in total. The van der Waals surface area contributed by atoms with Crippen molar-refractivity contribution < 1.29 is 0 Å². The highest BCUT2D eigenvalue weighted by Crippen LogP contribution is 2.36. The number of halogens is 1. The summed E-state index contributed by atoms with van der Waals surface area (Å²) in [7, 11) is 0. The van der Waals surface area contributed by atoms with Crippen molar-refractivity contribution in [3.05, 3.63) is 48.0 Å². The predicted molar refractivity (Wildman–Crippen MR) is 76.7 cm³/mol. The zero-order chi connectivity index (χ0) is 11.1. The molecule has 0 bridgehead atoms. The third kappa shape index (κ3) is 1.57. The molecule has 0 spiro atoms. The molecular formula is C14H11BrS. The van der Waals surface area contributed by atoms with Gasteiger partial charge in [0, 0.05) is 25.0 Å². The molecule has 16 heavy (non-hydrogen) atoms. The molecule has 0 nitrogen and oxygen atoms in total. The highest BCUT2D eigenvalue weighted by molar-refractivity contribution is 9.09. The Morgan fingerprint density at radius 2 is 1.75 bits per heavy atom. The summed E-state index contributed by atoms with van der Waals surface area (Å²) < 4.78 is 2.75. The van der Waals surface area contributed by atoms with Crippen LogP contribution in [0, 0.1) is 0 Å². The highest BCUT2D eigenvalue weighted by Gasteiger charge is 2.07. The first-order valence-corrected chi connectivity index (χ1v) is 7.04. The molecule has 0 aliphatic carbocycles. The van der Waals surface area contributed by atoms with Crippen LogP contribution in [-0.4, -0.2) is 0 Å². The Labute approximate surface area is 107 Å². The standard InChI is InChI=1S/C14H11BrS/c1-9(15)10-6-7-14-12(8-10)11-4-2-3-5-13(11)16-14/h2-9H,1H3. The third-order valence-electron chi connectivity index (χ3n) is 2.86. The van der Waals surface area contributed by atoms with E-state index >= 15 is 0 Å². The second-order valence-electron chi connectivity index (χ2n) is 3.97. The minimum Gasteiger partial charge on any atom is -0.135 e. The van der Waals surface area contributed by atoms with E-state index in [4.69, 9.17) is 0 Å². The van der Waals surface area contributed by atoms with Gasteiger partial charge in [0.2, 0.25) is 0 Å². The Morgan fingerprint density at radius 1 is 1.00 bits per heavy atom. The number of fused-ring (bicyclic) bond motifs is 3. The van der Waals surface area contributed by atoms with E-state index in [-0.39, 0.29) is 0 Å². The van der Waals surface area contributed by atoms with Gasteiger partial charge in [0.05, 0.1) is 0 Å². The lowest BCUT2D eigenvalue weighted by Crippen LogP contribution is -1.81. The van der Waals surface area contributed by atoms with Crippen molar-refractivity contribution in [1.82, 2.24) is 0 Å². The highest BCUT2D eigenvalue weighted by atomic mass is 79.9. The van der Waals surface area contributed by atoms with Gasteiger partial charge >= 0.3 is 0 Å². The Balaban J connectivity index is 2.40. The van der Waals surface area contributed by atoms with E-state index in [2.05, 4.69) is 65.3 Å².